The van der Waals surface area contributed by atoms with Gasteiger partial charge in [-0.2, -0.15) is 0 Å². The highest BCUT2D eigenvalue weighted by Crippen LogP contribution is 2.45. The van der Waals surface area contributed by atoms with Gasteiger partial charge in [0.2, 0.25) is 0 Å². The third-order valence-electron chi connectivity index (χ3n) is 3.23. The third-order valence-corrected chi connectivity index (χ3v) is 6.33. The Hall–Kier alpha value is -2.40. The van der Waals surface area contributed by atoms with Crippen LogP contribution >= 0.6 is 23.5 Å². The maximum absolute atomic E-state index is 11.4. The van der Waals surface area contributed by atoms with Crippen molar-refractivity contribution in [2.75, 3.05) is 7.11 Å². The Kier molecular flexibility index (Phi) is 8.95. The second-order valence-electron chi connectivity index (χ2n) is 5.23. The molecule has 0 saturated heterocycles. The maximum Gasteiger partial charge on any atom is 0.317 e. The number of carbonyl (C=O) groups is 4. The molecule has 0 heterocycles. The number of rotatable bonds is 12. The molecule has 0 saturated carbocycles. The predicted octanol–water partition coefficient (Wildman–Crippen LogP) is 2.02. The number of aliphatic carboxylic acids is 4. The molecule has 1 aromatic carbocycles. The van der Waals surface area contributed by atoms with Crippen LogP contribution in [-0.2, 0) is 19.2 Å². The maximum atomic E-state index is 11.4. The fraction of sp³-hybridized carbons (Fsp3) is 0.375. The molecule has 0 aliphatic carbocycles. The molecule has 1 rings (SSSR count). The Morgan fingerprint density at radius 3 is 1.56 bits per heavy atom. The zero-order valence-corrected chi connectivity index (χ0v) is 15.7. The summed E-state index contributed by atoms with van der Waals surface area (Å²) in [7, 11) is 1.45. The topological polar surface area (TPSA) is 158 Å². The van der Waals surface area contributed by atoms with Crippen LogP contribution in [-0.4, -0.2) is 61.9 Å². The van der Waals surface area contributed by atoms with Gasteiger partial charge in [-0.3, -0.25) is 19.2 Å². The first-order valence-corrected chi connectivity index (χ1v) is 9.36. The zero-order chi connectivity index (χ0) is 20.6. The number of carboxylic acids is 4. The molecule has 27 heavy (non-hydrogen) atoms. The van der Waals surface area contributed by atoms with Gasteiger partial charge in [-0.05, 0) is 17.7 Å². The Morgan fingerprint density at radius 2 is 1.26 bits per heavy atom. The minimum absolute atomic E-state index is 0.513. The lowest BCUT2D eigenvalue weighted by Crippen LogP contribution is -2.24. The van der Waals surface area contributed by atoms with Crippen molar-refractivity contribution in [2.24, 2.45) is 0 Å². The molecule has 11 heteroatoms. The molecule has 0 amide bonds. The molecule has 0 aliphatic rings. The van der Waals surface area contributed by atoms with E-state index in [4.69, 9.17) is 14.9 Å². The van der Waals surface area contributed by atoms with Crippen LogP contribution in [0.4, 0.5) is 0 Å². The molecule has 9 nitrogen and oxygen atoms in total. The van der Waals surface area contributed by atoms with E-state index in [0.717, 1.165) is 23.5 Å². The van der Waals surface area contributed by atoms with Crippen molar-refractivity contribution < 1.29 is 44.3 Å². The number of benzene rings is 1. The summed E-state index contributed by atoms with van der Waals surface area (Å²) in [5, 5.41) is 33.7. The zero-order valence-electron chi connectivity index (χ0n) is 14.1. The largest absolute Gasteiger partial charge is 0.497 e. The van der Waals surface area contributed by atoms with Crippen molar-refractivity contribution in [3.63, 3.8) is 0 Å². The van der Waals surface area contributed by atoms with Gasteiger partial charge < -0.3 is 25.2 Å². The van der Waals surface area contributed by atoms with E-state index in [2.05, 4.69) is 0 Å². The number of methoxy groups -OCH3 is 1. The summed E-state index contributed by atoms with van der Waals surface area (Å²) in [6.45, 7) is 0. The van der Waals surface area contributed by atoms with E-state index in [0.29, 0.717) is 11.3 Å². The van der Waals surface area contributed by atoms with Gasteiger partial charge in [0.1, 0.15) is 16.2 Å². The fourth-order valence-electron chi connectivity index (χ4n) is 1.95. The minimum Gasteiger partial charge on any atom is -0.497 e. The smallest absolute Gasteiger partial charge is 0.317 e. The molecule has 2 unspecified atom stereocenters. The number of hydrogen-bond acceptors (Lipinski definition) is 7. The average Bonchev–Trinajstić information content (AvgIpc) is 2.58. The summed E-state index contributed by atoms with van der Waals surface area (Å²) in [5.74, 6) is -4.81. The normalized spacial score (nSPS) is 14.0. The lowest BCUT2D eigenvalue weighted by Gasteiger charge is -2.23. The van der Waals surface area contributed by atoms with Crippen LogP contribution < -0.4 is 4.74 Å². The Morgan fingerprint density at radius 1 is 0.852 bits per heavy atom. The van der Waals surface area contributed by atoms with E-state index in [1.54, 1.807) is 24.3 Å². The first-order valence-electron chi connectivity index (χ1n) is 7.48. The highest BCUT2D eigenvalue weighted by molar-refractivity contribution is 8.17. The van der Waals surface area contributed by atoms with Crippen molar-refractivity contribution in [3.05, 3.63) is 29.8 Å². The van der Waals surface area contributed by atoms with Crippen LogP contribution in [0.5, 0.6) is 5.75 Å². The van der Waals surface area contributed by atoms with E-state index in [9.17, 15) is 29.4 Å². The fourth-order valence-corrected chi connectivity index (χ4v) is 4.95. The van der Waals surface area contributed by atoms with Gasteiger partial charge in [0, 0.05) is 0 Å². The van der Waals surface area contributed by atoms with Crippen molar-refractivity contribution in [1.82, 2.24) is 0 Å². The summed E-state index contributed by atoms with van der Waals surface area (Å²) in [4.78, 5) is 44.6. The molecule has 0 spiro atoms. The summed E-state index contributed by atoms with van der Waals surface area (Å²) in [6, 6.07) is 6.35. The van der Waals surface area contributed by atoms with Gasteiger partial charge in [-0.1, -0.05) is 12.1 Å². The Labute approximate surface area is 162 Å². The lowest BCUT2D eigenvalue weighted by atomic mass is 10.2. The molecular weight excluding hydrogens is 400 g/mol. The van der Waals surface area contributed by atoms with E-state index >= 15 is 0 Å². The van der Waals surface area contributed by atoms with E-state index in [1.165, 1.54) is 7.11 Å². The standard InChI is InChI=1S/C16H18O9S2/c1-25-9-4-2-8(3-5-9)16(26-10(14(21)22)6-12(17)18)27-11(15(23)24)7-13(19)20/h2-5,10-11,16H,6-7H2,1H3,(H,17,18)(H,19,20)(H,21,22)(H,23,24). The lowest BCUT2D eigenvalue weighted by molar-refractivity contribution is -0.143. The molecule has 4 N–H and O–H groups in total. The van der Waals surface area contributed by atoms with Crippen LogP contribution in [0.15, 0.2) is 24.3 Å². The van der Waals surface area contributed by atoms with E-state index < -0.39 is 51.8 Å². The number of hydrogen-bond donors (Lipinski definition) is 4. The Balaban J connectivity index is 3.16. The predicted molar refractivity (Wildman–Crippen MR) is 98.3 cm³/mol. The monoisotopic (exact) mass is 418 g/mol. The van der Waals surface area contributed by atoms with Gasteiger partial charge in [-0.25, -0.2) is 0 Å². The second kappa shape index (κ2) is 10.7. The summed E-state index contributed by atoms with van der Waals surface area (Å²) < 4.78 is 4.23. The molecule has 0 aromatic heterocycles. The van der Waals surface area contributed by atoms with Crippen molar-refractivity contribution in [2.45, 2.75) is 27.9 Å². The van der Waals surface area contributed by atoms with Crippen molar-refractivity contribution in [3.8, 4) is 5.75 Å². The van der Waals surface area contributed by atoms with Crippen LogP contribution in [0.25, 0.3) is 0 Å². The van der Waals surface area contributed by atoms with Crippen LogP contribution in [0.2, 0.25) is 0 Å². The summed E-state index contributed by atoms with van der Waals surface area (Å²) in [6.07, 6.45) is -1.33. The first-order chi connectivity index (χ1) is 12.6. The van der Waals surface area contributed by atoms with E-state index in [1.807, 2.05) is 0 Å². The highest BCUT2D eigenvalue weighted by atomic mass is 32.2. The van der Waals surface area contributed by atoms with Gasteiger partial charge in [0.25, 0.3) is 0 Å². The van der Waals surface area contributed by atoms with Gasteiger partial charge in [-0.15, -0.1) is 23.5 Å². The van der Waals surface area contributed by atoms with E-state index in [-0.39, 0.29) is 0 Å². The summed E-state index contributed by atoms with van der Waals surface area (Å²) >= 11 is 1.50. The number of carboxylic acid groups (broad SMARTS) is 4. The van der Waals surface area contributed by atoms with Crippen LogP contribution in [0.1, 0.15) is 23.0 Å². The molecule has 0 aliphatic heterocycles. The summed E-state index contributed by atoms with van der Waals surface area (Å²) in [5.41, 5.74) is 0.513. The Bertz CT molecular complexity index is 654. The third kappa shape index (κ3) is 7.79. The average molecular weight is 418 g/mol. The minimum atomic E-state index is -1.35. The SMILES string of the molecule is COc1ccc(C(SC(CC(=O)O)C(=O)O)SC(CC(=O)O)C(=O)O)cc1. The van der Waals surface area contributed by atoms with Crippen LogP contribution in [0, 0.1) is 0 Å². The molecular formula is C16H18O9S2. The van der Waals surface area contributed by atoms with Crippen molar-refractivity contribution >= 4 is 47.4 Å². The number of ether oxygens (including phenoxy) is 1. The molecule has 1 aromatic rings. The molecule has 0 radical (unpaired) electrons. The molecule has 0 bridgehead atoms. The second-order valence-corrected chi connectivity index (χ2v) is 8.15. The van der Waals surface area contributed by atoms with Crippen LogP contribution in [0.3, 0.4) is 0 Å². The molecule has 148 valence electrons. The quantitative estimate of drug-likeness (QED) is 0.368. The molecule has 0 fully saturated rings. The first kappa shape index (κ1) is 22.6. The number of thioether (sulfide) groups is 2. The van der Waals surface area contributed by atoms with Gasteiger partial charge in [0.15, 0.2) is 0 Å². The van der Waals surface area contributed by atoms with Crippen molar-refractivity contribution in [1.29, 1.82) is 0 Å². The molecule has 2 atom stereocenters. The van der Waals surface area contributed by atoms with Gasteiger partial charge >= 0.3 is 23.9 Å². The van der Waals surface area contributed by atoms with Gasteiger partial charge in [0.05, 0.1) is 24.5 Å². The highest BCUT2D eigenvalue weighted by Gasteiger charge is 2.32.